The van der Waals surface area contributed by atoms with E-state index in [-0.39, 0.29) is 24.0 Å². The van der Waals surface area contributed by atoms with Gasteiger partial charge in [-0.3, -0.25) is 4.79 Å². The summed E-state index contributed by atoms with van der Waals surface area (Å²) in [6, 6.07) is 20.0. The molecule has 2 fully saturated rings. The first-order chi connectivity index (χ1) is 17.0. The van der Waals surface area contributed by atoms with Gasteiger partial charge in [-0.2, -0.15) is 0 Å². The van der Waals surface area contributed by atoms with Gasteiger partial charge >= 0.3 is 5.97 Å². The lowest BCUT2D eigenvalue weighted by molar-refractivity contribution is -0.220. The number of hydrogen-bond donors (Lipinski definition) is 1. The van der Waals surface area contributed by atoms with Crippen LogP contribution in [0.5, 0.6) is 0 Å². The molecule has 1 aliphatic heterocycles. The minimum absolute atomic E-state index is 0.0563. The van der Waals surface area contributed by atoms with Gasteiger partial charge in [0.25, 0.3) is 0 Å². The SMILES string of the molecule is COC(=O)[C@@]1(NC(C)=O)CCC[C@H]2C[C@@H](OCc3ccccc3)[C@@H](COCc3ccccc3)O[C@@H]21. The number of ether oxygens (including phenoxy) is 4. The lowest BCUT2D eigenvalue weighted by Gasteiger charge is -2.51. The normalized spacial score (nSPS) is 28.1. The summed E-state index contributed by atoms with van der Waals surface area (Å²) in [5.41, 5.74) is 0.957. The largest absolute Gasteiger partial charge is 0.467 e. The molecule has 2 aromatic rings. The maximum atomic E-state index is 13.0. The fraction of sp³-hybridized carbons (Fsp3) is 0.500. The van der Waals surface area contributed by atoms with Crippen molar-refractivity contribution in [3.05, 3.63) is 71.8 Å². The summed E-state index contributed by atoms with van der Waals surface area (Å²) in [7, 11) is 1.35. The molecule has 1 aliphatic carbocycles. The van der Waals surface area contributed by atoms with Crippen LogP contribution in [0.1, 0.15) is 43.7 Å². The van der Waals surface area contributed by atoms with Gasteiger partial charge in [-0.05, 0) is 36.3 Å². The average Bonchev–Trinajstić information content (AvgIpc) is 2.88. The molecule has 1 amide bonds. The standard InChI is InChI=1S/C28H35NO6/c1-20(30)29-28(27(31)32-2)15-9-14-23-16-24(34-18-22-12-7-4-8-13-22)25(35-26(23)28)19-33-17-21-10-5-3-6-11-21/h3-8,10-13,23-26H,9,14-19H2,1-2H3,(H,29,30)/t23-,24+,25+,26-,28+/m0/s1. The van der Waals surface area contributed by atoms with Crippen molar-refractivity contribution in [1.82, 2.24) is 5.32 Å². The molecule has 0 unspecified atom stereocenters. The molecule has 1 saturated heterocycles. The van der Waals surface area contributed by atoms with Gasteiger partial charge in [0.2, 0.25) is 5.91 Å². The van der Waals surface area contributed by atoms with E-state index in [1.807, 2.05) is 60.7 Å². The van der Waals surface area contributed by atoms with Crippen LogP contribution in [0.15, 0.2) is 60.7 Å². The van der Waals surface area contributed by atoms with Crippen LogP contribution in [0.25, 0.3) is 0 Å². The number of hydrogen-bond acceptors (Lipinski definition) is 6. The van der Waals surface area contributed by atoms with Crippen molar-refractivity contribution in [3.8, 4) is 0 Å². The lowest BCUT2D eigenvalue weighted by atomic mass is 9.69. The average molecular weight is 482 g/mol. The Morgan fingerprint density at radius 1 is 1.03 bits per heavy atom. The molecule has 0 spiro atoms. The van der Waals surface area contributed by atoms with Crippen LogP contribution in [0.3, 0.4) is 0 Å². The molecule has 4 rings (SSSR count). The molecule has 1 saturated carbocycles. The van der Waals surface area contributed by atoms with E-state index in [0.29, 0.717) is 26.2 Å². The van der Waals surface area contributed by atoms with Crippen molar-refractivity contribution in [2.75, 3.05) is 13.7 Å². The first-order valence-electron chi connectivity index (χ1n) is 12.3. The summed E-state index contributed by atoms with van der Waals surface area (Å²) in [6.07, 6.45) is 1.79. The highest BCUT2D eigenvalue weighted by Crippen LogP contribution is 2.43. The Kier molecular flexibility index (Phi) is 8.55. The Balaban J connectivity index is 1.53. The van der Waals surface area contributed by atoms with Crippen molar-refractivity contribution < 1.29 is 28.5 Å². The second kappa shape index (κ2) is 11.8. The van der Waals surface area contributed by atoms with Gasteiger partial charge in [0.1, 0.15) is 6.10 Å². The first kappa shape index (κ1) is 25.4. The molecule has 2 aliphatic rings. The second-order valence-electron chi connectivity index (χ2n) is 9.46. The summed E-state index contributed by atoms with van der Waals surface area (Å²) >= 11 is 0. The summed E-state index contributed by atoms with van der Waals surface area (Å²) < 4.78 is 24.2. The molecule has 1 N–H and O–H groups in total. The van der Waals surface area contributed by atoms with E-state index in [9.17, 15) is 9.59 Å². The van der Waals surface area contributed by atoms with Crippen molar-refractivity contribution in [1.29, 1.82) is 0 Å². The third-order valence-corrected chi connectivity index (χ3v) is 6.98. The Bertz CT molecular complexity index is 968. The molecular formula is C28H35NO6. The highest BCUT2D eigenvalue weighted by atomic mass is 16.6. The van der Waals surface area contributed by atoms with Gasteiger partial charge in [0.15, 0.2) is 5.54 Å². The van der Waals surface area contributed by atoms with Gasteiger partial charge in [-0.1, -0.05) is 67.1 Å². The summed E-state index contributed by atoms with van der Waals surface area (Å²) in [6.45, 7) is 2.65. The molecule has 0 aromatic heterocycles. The van der Waals surface area contributed by atoms with E-state index in [4.69, 9.17) is 18.9 Å². The highest BCUT2D eigenvalue weighted by molar-refractivity contribution is 5.88. The van der Waals surface area contributed by atoms with Gasteiger partial charge in [-0.25, -0.2) is 4.79 Å². The number of benzene rings is 2. The van der Waals surface area contributed by atoms with E-state index < -0.39 is 17.6 Å². The highest BCUT2D eigenvalue weighted by Gasteiger charge is 2.57. The zero-order valence-electron chi connectivity index (χ0n) is 20.5. The zero-order valence-corrected chi connectivity index (χ0v) is 20.5. The quantitative estimate of drug-likeness (QED) is 0.549. The van der Waals surface area contributed by atoms with Gasteiger partial charge in [0.05, 0.1) is 39.1 Å². The summed E-state index contributed by atoms with van der Waals surface area (Å²) in [5.74, 6) is -0.685. The van der Waals surface area contributed by atoms with Crippen molar-refractivity contribution in [2.45, 2.75) is 69.7 Å². The number of esters is 1. The number of carbonyl (C=O) groups is 2. The number of rotatable bonds is 9. The van der Waals surface area contributed by atoms with Crippen LogP contribution in [0.4, 0.5) is 0 Å². The van der Waals surface area contributed by atoms with Crippen LogP contribution in [-0.4, -0.2) is 49.4 Å². The van der Waals surface area contributed by atoms with Crippen LogP contribution in [-0.2, 0) is 41.8 Å². The number of amides is 1. The van der Waals surface area contributed by atoms with Crippen molar-refractivity contribution in [2.24, 2.45) is 5.92 Å². The molecule has 0 radical (unpaired) electrons. The Hall–Kier alpha value is -2.74. The zero-order chi connectivity index (χ0) is 24.7. The Morgan fingerprint density at radius 3 is 2.31 bits per heavy atom. The fourth-order valence-electron chi connectivity index (χ4n) is 5.40. The fourth-order valence-corrected chi connectivity index (χ4v) is 5.40. The Morgan fingerprint density at radius 2 is 1.69 bits per heavy atom. The summed E-state index contributed by atoms with van der Waals surface area (Å²) in [5, 5.41) is 2.90. The van der Waals surface area contributed by atoms with Gasteiger partial charge < -0.3 is 24.3 Å². The number of nitrogens with one attached hydrogen (secondary N) is 1. The van der Waals surface area contributed by atoms with E-state index in [2.05, 4.69) is 5.32 Å². The van der Waals surface area contributed by atoms with E-state index in [1.54, 1.807) is 0 Å². The smallest absolute Gasteiger partial charge is 0.334 e. The van der Waals surface area contributed by atoms with Crippen molar-refractivity contribution in [3.63, 3.8) is 0 Å². The number of fused-ring (bicyclic) bond motifs is 1. The lowest BCUT2D eigenvalue weighted by Crippen LogP contribution is -2.69. The predicted octanol–water partition coefficient (Wildman–Crippen LogP) is 3.79. The number of carbonyl (C=O) groups excluding carboxylic acids is 2. The predicted molar refractivity (Wildman–Crippen MR) is 130 cm³/mol. The maximum Gasteiger partial charge on any atom is 0.334 e. The molecular weight excluding hydrogens is 446 g/mol. The first-order valence-corrected chi connectivity index (χ1v) is 12.3. The molecule has 7 heteroatoms. The van der Waals surface area contributed by atoms with Crippen LogP contribution in [0.2, 0.25) is 0 Å². The van der Waals surface area contributed by atoms with E-state index in [1.165, 1.54) is 14.0 Å². The minimum atomic E-state index is -1.20. The molecule has 5 atom stereocenters. The third-order valence-electron chi connectivity index (χ3n) is 6.98. The van der Waals surface area contributed by atoms with Gasteiger partial charge in [0, 0.05) is 6.92 Å². The monoisotopic (exact) mass is 481 g/mol. The van der Waals surface area contributed by atoms with Crippen LogP contribution < -0.4 is 5.32 Å². The Labute approximate surface area is 207 Å². The molecule has 2 aromatic carbocycles. The van der Waals surface area contributed by atoms with Crippen LogP contribution in [0, 0.1) is 5.92 Å². The second-order valence-corrected chi connectivity index (χ2v) is 9.46. The number of methoxy groups -OCH3 is 1. The maximum absolute atomic E-state index is 13.0. The molecule has 188 valence electrons. The topological polar surface area (TPSA) is 83.1 Å². The molecule has 0 bridgehead atoms. The van der Waals surface area contributed by atoms with E-state index >= 15 is 0 Å². The third kappa shape index (κ3) is 6.10. The summed E-state index contributed by atoms with van der Waals surface area (Å²) in [4.78, 5) is 25.1. The van der Waals surface area contributed by atoms with Crippen molar-refractivity contribution >= 4 is 11.9 Å². The molecule has 35 heavy (non-hydrogen) atoms. The van der Waals surface area contributed by atoms with Gasteiger partial charge in [-0.15, -0.1) is 0 Å². The minimum Gasteiger partial charge on any atom is -0.467 e. The molecule has 1 heterocycles. The molecule has 7 nitrogen and oxygen atoms in total. The van der Waals surface area contributed by atoms with Crippen LogP contribution >= 0.6 is 0 Å². The van der Waals surface area contributed by atoms with E-state index in [0.717, 1.165) is 30.4 Å².